The van der Waals surface area contributed by atoms with E-state index in [2.05, 4.69) is 5.32 Å². The number of amides is 3. The minimum atomic E-state index is -0.626. The molecule has 1 aliphatic heterocycles. The van der Waals surface area contributed by atoms with Crippen molar-refractivity contribution in [2.24, 2.45) is 0 Å². The summed E-state index contributed by atoms with van der Waals surface area (Å²) >= 11 is 0. The Morgan fingerprint density at radius 2 is 2.17 bits per heavy atom. The van der Waals surface area contributed by atoms with E-state index in [1.807, 2.05) is 0 Å². The predicted octanol–water partition coefficient (Wildman–Crippen LogP) is 0.660. The average molecular weight is 251 g/mol. The van der Waals surface area contributed by atoms with E-state index in [0.717, 1.165) is 11.0 Å². The maximum Gasteiger partial charge on any atom is 0.329 e. The van der Waals surface area contributed by atoms with Gasteiger partial charge in [0.25, 0.3) is 11.6 Å². The van der Waals surface area contributed by atoms with E-state index in [4.69, 9.17) is 4.74 Å². The van der Waals surface area contributed by atoms with Gasteiger partial charge in [-0.05, 0) is 6.07 Å². The summed E-state index contributed by atoms with van der Waals surface area (Å²) in [5, 5.41) is 13.0. The zero-order chi connectivity index (χ0) is 13.3. The molecule has 0 unspecified atom stereocenters. The van der Waals surface area contributed by atoms with E-state index in [0.29, 0.717) is 0 Å². The van der Waals surface area contributed by atoms with Crippen molar-refractivity contribution in [1.82, 2.24) is 5.32 Å². The van der Waals surface area contributed by atoms with Crippen LogP contribution in [0.2, 0.25) is 0 Å². The number of methoxy groups -OCH3 is 1. The summed E-state index contributed by atoms with van der Waals surface area (Å²) in [4.78, 5) is 34.0. The highest BCUT2D eigenvalue weighted by atomic mass is 16.6. The standard InChI is InChI=1S/C10H9N3O5/c1-18-8-3-2-6(13(16)17)4-7(8)12-9(14)5-11-10(12)15/h2-4H,5H2,1H3,(H,11,15). The highest BCUT2D eigenvalue weighted by Gasteiger charge is 2.33. The van der Waals surface area contributed by atoms with Crippen LogP contribution in [0.5, 0.6) is 5.75 Å². The molecule has 0 aliphatic carbocycles. The number of carbonyl (C=O) groups excluding carboxylic acids is 2. The van der Waals surface area contributed by atoms with Gasteiger partial charge in [0.1, 0.15) is 11.4 Å². The average Bonchev–Trinajstić information content (AvgIpc) is 2.68. The summed E-state index contributed by atoms with van der Waals surface area (Å²) in [5.74, 6) is -0.273. The van der Waals surface area contributed by atoms with Crippen molar-refractivity contribution in [3.63, 3.8) is 0 Å². The predicted molar refractivity (Wildman–Crippen MR) is 60.5 cm³/mol. The SMILES string of the molecule is COc1ccc([N+](=O)[O-])cc1N1C(=O)CNC1=O. The Balaban J connectivity index is 2.53. The first-order chi connectivity index (χ1) is 8.54. The fourth-order valence-corrected chi connectivity index (χ4v) is 1.63. The molecule has 1 fully saturated rings. The molecule has 0 radical (unpaired) electrons. The molecule has 8 heteroatoms. The van der Waals surface area contributed by atoms with E-state index >= 15 is 0 Å². The second-order valence-corrected chi connectivity index (χ2v) is 3.50. The highest BCUT2D eigenvalue weighted by molar-refractivity contribution is 6.20. The number of nitrogens with zero attached hydrogens (tertiary/aromatic N) is 2. The first-order valence-corrected chi connectivity index (χ1v) is 4.98. The molecule has 1 aromatic rings. The molecule has 1 saturated heterocycles. The molecule has 1 N–H and O–H groups in total. The topological polar surface area (TPSA) is 102 Å². The minimum absolute atomic E-state index is 0.0618. The fraction of sp³-hybridized carbons (Fsp3) is 0.200. The van der Waals surface area contributed by atoms with Crippen molar-refractivity contribution in [2.45, 2.75) is 0 Å². The molecule has 1 heterocycles. The van der Waals surface area contributed by atoms with Crippen LogP contribution in [-0.4, -0.2) is 30.5 Å². The van der Waals surface area contributed by atoms with Gasteiger partial charge in [-0.2, -0.15) is 0 Å². The molecule has 0 spiro atoms. The maximum atomic E-state index is 11.6. The van der Waals surface area contributed by atoms with Crippen molar-refractivity contribution in [3.05, 3.63) is 28.3 Å². The van der Waals surface area contributed by atoms with Gasteiger partial charge in [0, 0.05) is 12.1 Å². The Morgan fingerprint density at radius 3 is 2.67 bits per heavy atom. The number of hydrogen-bond donors (Lipinski definition) is 1. The molecule has 94 valence electrons. The molecule has 8 nitrogen and oxygen atoms in total. The van der Waals surface area contributed by atoms with Crippen molar-refractivity contribution in [2.75, 3.05) is 18.6 Å². The zero-order valence-corrected chi connectivity index (χ0v) is 9.37. The number of imide groups is 1. The van der Waals surface area contributed by atoms with Crippen LogP contribution < -0.4 is 15.0 Å². The van der Waals surface area contributed by atoms with Crippen LogP contribution in [0.4, 0.5) is 16.2 Å². The lowest BCUT2D eigenvalue weighted by Crippen LogP contribution is -2.31. The number of urea groups is 1. The number of ether oxygens (including phenoxy) is 1. The molecule has 0 atom stereocenters. The van der Waals surface area contributed by atoms with Crippen LogP contribution in [0, 0.1) is 10.1 Å². The Hall–Kier alpha value is -2.64. The lowest BCUT2D eigenvalue weighted by molar-refractivity contribution is -0.384. The number of rotatable bonds is 3. The van der Waals surface area contributed by atoms with Gasteiger partial charge in [0.05, 0.1) is 18.6 Å². The van der Waals surface area contributed by atoms with Crippen molar-refractivity contribution >= 4 is 23.3 Å². The van der Waals surface area contributed by atoms with Gasteiger partial charge in [-0.3, -0.25) is 14.9 Å². The number of carbonyl (C=O) groups is 2. The van der Waals surface area contributed by atoms with Crippen LogP contribution in [0.25, 0.3) is 0 Å². The van der Waals surface area contributed by atoms with Gasteiger partial charge in [0.15, 0.2) is 0 Å². The normalized spacial score (nSPS) is 14.6. The van der Waals surface area contributed by atoms with Crippen LogP contribution >= 0.6 is 0 Å². The van der Waals surface area contributed by atoms with Gasteiger partial charge >= 0.3 is 6.03 Å². The zero-order valence-electron chi connectivity index (χ0n) is 9.37. The van der Waals surface area contributed by atoms with Gasteiger partial charge in [-0.25, -0.2) is 9.69 Å². The summed E-state index contributed by atoms with van der Waals surface area (Å²) in [6.45, 7) is -0.134. The third-order valence-corrected chi connectivity index (χ3v) is 2.46. The summed E-state index contributed by atoms with van der Waals surface area (Å²) in [7, 11) is 1.35. The summed E-state index contributed by atoms with van der Waals surface area (Å²) in [6, 6.07) is 3.08. The second-order valence-electron chi connectivity index (χ2n) is 3.50. The first kappa shape index (κ1) is 11.8. The van der Waals surface area contributed by atoms with Crippen molar-refractivity contribution in [3.8, 4) is 5.75 Å². The second kappa shape index (κ2) is 4.32. The number of nitro groups is 1. The quantitative estimate of drug-likeness (QED) is 0.483. The number of hydrogen-bond acceptors (Lipinski definition) is 5. The van der Waals surface area contributed by atoms with Gasteiger partial charge in [-0.1, -0.05) is 0 Å². The van der Waals surface area contributed by atoms with Crippen LogP contribution in [0.1, 0.15) is 0 Å². The number of non-ortho nitro benzene ring substituents is 1. The van der Waals surface area contributed by atoms with Crippen LogP contribution in [0.15, 0.2) is 18.2 Å². The Kier molecular flexibility index (Phi) is 2.84. The Bertz CT molecular complexity index is 526. The number of nitro benzene ring substituents is 1. The van der Waals surface area contributed by atoms with Gasteiger partial charge in [0.2, 0.25) is 0 Å². The molecule has 18 heavy (non-hydrogen) atoms. The van der Waals surface area contributed by atoms with E-state index in [-0.39, 0.29) is 23.7 Å². The number of benzene rings is 1. The lowest BCUT2D eigenvalue weighted by Gasteiger charge is -2.15. The fourth-order valence-electron chi connectivity index (χ4n) is 1.63. The molecule has 3 amide bonds. The summed E-state index contributed by atoms with van der Waals surface area (Å²) in [6.07, 6.45) is 0. The summed E-state index contributed by atoms with van der Waals surface area (Å²) < 4.78 is 4.99. The van der Waals surface area contributed by atoms with E-state index in [9.17, 15) is 19.7 Å². The van der Waals surface area contributed by atoms with Crippen LogP contribution in [0.3, 0.4) is 0 Å². The monoisotopic (exact) mass is 251 g/mol. The van der Waals surface area contributed by atoms with Crippen LogP contribution in [-0.2, 0) is 4.79 Å². The molecule has 2 rings (SSSR count). The van der Waals surface area contributed by atoms with Gasteiger partial charge < -0.3 is 10.1 Å². The first-order valence-electron chi connectivity index (χ1n) is 4.98. The van der Waals surface area contributed by atoms with E-state index in [1.165, 1.54) is 19.2 Å². The molecule has 0 bridgehead atoms. The molecule has 1 aliphatic rings. The molecule has 0 aromatic heterocycles. The smallest absolute Gasteiger partial charge is 0.329 e. The molecule has 0 saturated carbocycles. The summed E-state index contributed by atoms with van der Waals surface area (Å²) in [5.41, 5.74) is -0.162. The number of nitrogens with one attached hydrogen (secondary N) is 1. The highest BCUT2D eigenvalue weighted by Crippen LogP contribution is 2.33. The molecular formula is C10H9N3O5. The molecular weight excluding hydrogens is 242 g/mol. The maximum absolute atomic E-state index is 11.6. The van der Waals surface area contributed by atoms with Crippen molar-refractivity contribution < 1.29 is 19.2 Å². The Morgan fingerprint density at radius 1 is 1.44 bits per heavy atom. The third kappa shape index (κ3) is 1.83. The van der Waals surface area contributed by atoms with E-state index in [1.54, 1.807) is 0 Å². The minimum Gasteiger partial charge on any atom is -0.495 e. The van der Waals surface area contributed by atoms with E-state index < -0.39 is 16.9 Å². The van der Waals surface area contributed by atoms with Gasteiger partial charge in [-0.15, -0.1) is 0 Å². The third-order valence-electron chi connectivity index (χ3n) is 2.46. The number of anilines is 1. The molecule has 1 aromatic carbocycles. The Labute approximate surface area is 101 Å². The van der Waals surface area contributed by atoms with Crippen molar-refractivity contribution in [1.29, 1.82) is 0 Å². The lowest BCUT2D eigenvalue weighted by atomic mass is 10.2. The largest absolute Gasteiger partial charge is 0.495 e.